The van der Waals surface area contributed by atoms with E-state index in [1.807, 2.05) is 6.92 Å². The molecule has 0 aliphatic heterocycles. The first-order chi connectivity index (χ1) is 5.00. The van der Waals surface area contributed by atoms with Gasteiger partial charge in [-0.05, 0) is 19.1 Å². The second-order valence-corrected chi connectivity index (χ2v) is 3.65. The number of hydrogen-bond acceptors (Lipinski definition) is 3. The van der Waals surface area contributed by atoms with Crippen LogP contribution in [0.4, 0.5) is 0 Å². The Balaban J connectivity index is -0.000000403. The Morgan fingerprint density at radius 3 is 1.79 bits per heavy atom. The van der Waals surface area contributed by atoms with Crippen LogP contribution in [0.5, 0.6) is 0 Å². The third kappa shape index (κ3) is 7.04. The van der Waals surface area contributed by atoms with Gasteiger partial charge in [0.2, 0.25) is 0 Å². The molecule has 0 unspecified atom stereocenters. The molecule has 68 valence electrons. The van der Waals surface area contributed by atoms with Gasteiger partial charge in [0.05, 0.1) is 4.90 Å². The molecule has 0 heterocycles. The first-order valence-electron chi connectivity index (χ1n) is 3.03. The molecule has 1 rings (SSSR count). The normalized spacial score (nSPS) is 9.00. The minimum atomic E-state index is -4.27. The summed E-state index contributed by atoms with van der Waals surface area (Å²) in [7, 11) is -4.27. The van der Waals surface area contributed by atoms with Gasteiger partial charge in [-0.15, -0.1) is 0 Å². The van der Waals surface area contributed by atoms with E-state index in [1.165, 1.54) is 12.1 Å². The van der Waals surface area contributed by atoms with Crippen molar-refractivity contribution < 1.29 is 54.9 Å². The SMILES string of the molecule is Cc1ccc(S(=O)(=O)[O-])cc1.[Ca+2].[Cl-].[Na+]. The Morgan fingerprint density at radius 1 is 1.14 bits per heavy atom. The van der Waals surface area contributed by atoms with Crippen LogP contribution in [0.25, 0.3) is 0 Å². The van der Waals surface area contributed by atoms with Gasteiger partial charge in [0, 0.05) is 0 Å². The zero-order valence-electron chi connectivity index (χ0n) is 8.03. The zero-order chi connectivity index (χ0) is 8.48. The van der Waals surface area contributed by atoms with Crippen molar-refractivity contribution in [3.8, 4) is 0 Å². The molecule has 0 spiro atoms. The second kappa shape index (κ2) is 8.79. The number of rotatable bonds is 1. The van der Waals surface area contributed by atoms with Gasteiger partial charge >= 0.3 is 67.3 Å². The number of hydrogen-bond donors (Lipinski definition) is 0. The summed E-state index contributed by atoms with van der Waals surface area (Å²) in [4.78, 5) is -0.178. The molecule has 0 fully saturated rings. The molecular formula is C7H7CaClNaO3S+. The van der Waals surface area contributed by atoms with Crippen molar-refractivity contribution in [2.75, 3.05) is 0 Å². The van der Waals surface area contributed by atoms with Gasteiger partial charge < -0.3 is 17.0 Å². The van der Waals surface area contributed by atoms with Gasteiger partial charge in [0.15, 0.2) is 0 Å². The maximum absolute atomic E-state index is 10.4. The third-order valence-electron chi connectivity index (χ3n) is 1.31. The summed E-state index contributed by atoms with van der Waals surface area (Å²) < 4.78 is 31.2. The van der Waals surface area contributed by atoms with Gasteiger partial charge in [-0.2, -0.15) is 0 Å². The summed E-state index contributed by atoms with van der Waals surface area (Å²) in [6, 6.07) is 5.78. The Hall–Kier alpha value is 1.68. The molecule has 3 nitrogen and oxygen atoms in total. The topological polar surface area (TPSA) is 57.2 Å². The maximum Gasteiger partial charge on any atom is 2.00 e. The van der Waals surface area contributed by atoms with Crippen molar-refractivity contribution in [2.45, 2.75) is 11.8 Å². The van der Waals surface area contributed by atoms with Gasteiger partial charge in [-0.3, -0.25) is 0 Å². The molecule has 0 saturated heterocycles. The van der Waals surface area contributed by atoms with Crippen molar-refractivity contribution >= 4 is 47.9 Å². The van der Waals surface area contributed by atoms with Crippen LogP contribution in [0.2, 0.25) is 0 Å². The predicted octanol–water partition coefficient (Wildman–Crippen LogP) is -5.47. The standard InChI is InChI=1S/C7H8O3S.Ca.ClH.Na/c1-6-2-4-7(5-3-6)11(8,9)10;;;/h2-5H,1H3,(H,8,9,10);;1H;/q;+2;;+1/p-2. The third-order valence-corrected chi connectivity index (χ3v) is 2.16. The van der Waals surface area contributed by atoms with Crippen LogP contribution in [0.3, 0.4) is 0 Å². The molecule has 0 aromatic heterocycles. The molecule has 14 heavy (non-hydrogen) atoms. The van der Waals surface area contributed by atoms with Crippen LogP contribution in [-0.4, -0.2) is 50.7 Å². The number of halogens is 1. The molecule has 7 heteroatoms. The van der Waals surface area contributed by atoms with Crippen molar-refractivity contribution in [2.24, 2.45) is 0 Å². The Bertz CT molecular complexity index is 352. The van der Waals surface area contributed by atoms with Crippen molar-refractivity contribution in [3.63, 3.8) is 0 Å². The Morgan fingerprint density at radius 2 is 1.50 bits per heavy atom. The van der Waals surface area contributed by atoms with Gasteiger partial charge in [-0.25, -0.2) is 8.42 Å². The van der Waals surface area contributed by atoms with E-state index in [0.29, 0.717) is 0 Å². The van der Waals surface area contributed by atoms with E-state index >= 15 is 0 Å². The fourth-order valence-electron chi connectivity index (χ4n) is 0.705. The van der Waals surface area contributed by atoms with Crippen molar-refractivity contribution in [1.82, 2.24) is 0 Å². The molecule has 1 aromatic carbocycles. The molecule has 0 radical (unpaired) electrons. The quantitative estimate of drug-likeness (QED) is 0.378. The van der Waals surface area contributed by atoms with Crippen LogP contribution in [0.15, 0.2) is 29.2 Å². The molecule has 0 saturated carbocycles. The van der Waals surface area contributed by atoms with E-state index in [0.717, 1.165) is 5.56 Å². The molecule has 0 aliphatic carbocycles. The fraction of sp³-hybridized carbons (Fsp3) is 0.143. The van der Waals surface area contributed by atoms with Crippen molar-refractivity contribution in [3.05, 3.63) is 29.8 Å². The fourth-order valence-corrected chi connectivity index (χ4v) is 1.17. The van der Waals surface area contributed by atoms with Crippen LogP contribution in [0.1, 0.15) is 5.56 Å². The first-order valence-corrected chi connectivity index (χ1v) is 4.43. The molecule has 0 N–H and O–H groups in total. The number of aryl methyl sites for hydroxylation is 1. The van der Waals surface area contributed by atoms with E-state index in [-0.39, 0.29) is 84.6 Å². The van der Waals surface area contributed by atoms with Crippen LogP contribution >= 0.6 is 0 Å². The van der Waals surface area contributed by atoms with E-state index < -0.39 is 10.1 Å². The van der Waals surface area contributed by atoms with Gasteiger partial charge in [-0.1, -0.05) is 17.7 Å². The van der Waals surface area contributed by atoms with Crippen LogP contribution in [-0.2, 0) is 10.1 Å². The average molecular weight is 270 g/mol. The van der Waals surface area contributed by atoms with Crippen LogP contribution < -0.4 is 42.0 Å². The monoisotopic (exact) mass is 269 g/mol. The molecular weight excluding hydrogens is 263 g/mol. The molecule has 1 aromatic rings. The van der Waals surface area contributed by atoms with Crippen LogP contribution in [0, 0.1) is 6.92 Å². The maximum atomic E-state index is 10.4. The second-order valence-electron chi connectivity index (χ2n) is 2.27. The van der Waals surface area contributed by atoms with Crippen molar-refractivity contribution in [1.29, 1.82) is 0 Å². The van der Waals surface area contributed by atoms with E-state index in [9.17, 15) is 13.0 Å². The van der Waals surface area contributed by atoms with Gasteiger partial charge in [0.25, 0.3) is 0 Å². The Kier molecular flexibility index (Phi) is 13.2. The number of benzene rings is 1. The largest absolute Gasteiger partial charge is 2.00 e. The summed E-state index contributed by atoms with van der Waals surface area (Å²) in [6.45, 7) is 1.82. The smallest absolute Gasteiger partial charge is 1.00 e. The van der Waals surface area contributed by atoms with Gasteiger partial charge in [0.1, 0.15) is 10.1 Å². The molecule has 0 amide bonds. The minimum absolute atomic E-state index is 0. The Labute approximate surface area is 142 Å². The summed E-state index contributed by atoms with van der Waals surface area (Å²) >= 11 is 0. The van der Waals surface area contributed by atoms with E-state index in [1.54, 1.807) is 12.1 Å². The molecule has 0 bridgehead atoms. The average Bonchev–Trinajstić information content (AvgIpc) is 1.86. The summed E-state index contributed by atoms with van der Waals surface area (Å²) in [5, 5.41) is 0. The van der Waals surface area contributed by atoms with E-state index in [4.69, 9.17) is 0 Å². The van der Waals surface area contributed by atoms with E-state index in [2.05, 4.69) is 0 Å². The summed E-state index contributed by atoms with van der Waals surface area (Å²) in [5.41, 5.74) is 0.928. The zero-order valence-corrected chi connectivity index (χ0v) is 13.8. The summed E-state index contributed by atoms with van der Waals surface area (Å²) in [5.74, 6) is 0. The predicted molar refractivity (Wildman–Crippen MR) is 44.9 cm³/mol. The molecule has 0 aliphatic rings. The molecule has 0 atom stereocenters. The first kappa shape index (κ1) is 21.0. The summed E-state index contributed by atoms with van der Waals surface area (Å²) in [6.07, 6.45) is 0. The minimum Gasteiger partial charge on any atom is -1.00 e.